The summed E-state index contributed by atoms with van der Waals surface area (Å²) >= 11 is 0. The van der Waals surface area contributed by atoms with Crippen LogP contribution >= 0.6 is 0 Å². The summed E-state index contributed by atoms with van der Waals surface area (Å²) in [7, 11) is 0. The van der Waals surface area contributed by atoms with Gasteiger partial charge < -0.3 is 4.74 Å². The second-order valence-corrected chi connectivity index (χ2v) is 6.53. The molecule has 0 radical (unpaired) electrons. The van der Waals surface area contributed by atoms with E-state index in [9.17, 15) is 9.70 Å². The summed E-state index contributed by atoms with van der Waals surface area (Å²) in [6.45, 7) is 2.26. The molecule has 21 heavy (non-hydrogen) atoms. The lowest BCUT2D eigenvalue weighted by Gasteiger charge is -2.39. The zero-order valence-corrected chi connectivity index (χ0v) is 12.4. The van der Waals surface area contributed by atoms with Gasteiger partial charge in [0.25, 0.3) is 0 Å². The zero-order chi connectivity index (χ0) is 14.9. The van der Waals surface area contributed by atoms with Gasteiger partial charge in [-0.3, -0.25) is 0 Å². The minimum Gasteiger partial charge on any atom is -0.458 e. The van der Waals surface area contributed by atoms with E-state index in [1.165, 1.54) is 19.3 Å². The molecule has 3 rings (SSSR count). The Hall–Kier alpha value is -1.71. The number of ether oxygens (including phenoxy) is 1. The summed E-state index contributed by atoms with van der Waals surface area (Å²) in [5.74, 6) is 0.256. The van der Waals surface area contributed by atoms with Crippen molar-refractivity contribution in [3.05, 3.63) is 34.7 Å². The lowest BCUT2D eigenvalue weighted by molar-refractivity contribution is -0.0224. The summed E-state index contributed by atoms with van der Waals surface area (Å²) in [5.41, 5.74) is 0.540. The summed E-state index contributed by atoms with van der Waals surface area (Å²) in [6.07, 6.45) is 6.92. The first-order valence-electron chi connectivity index (χ1n) is 7.78. The standard InChI is InChI=1S/C17H21NO3/c1-17-11-5-4-6-12(17)9-10-15(17)21-16(19)13-7-2-3-8-14(13)18-20/h2-3,7-8,12,15H,4-6,9-11H2,1H3/t12-,15+,17+/m1/s1. The van der Waals surface area contributed by atoms with E-state index in [1.54, 1.807) is 24.3 Å². The number of esters is 1. The minimum atomic E-state index is -0.414. The van der Waals surface area contributed by atoms with Crippen molar-refractivity contribution < 1.29 is 9.53 Å². The van der Waals surface area contributed by atoms with Gasteiger partial charge in [0.1, 0.15) is 11.8 Å². The van der Waals surface area contributed by atoms with Crippen LogP contribution < -0.4 is 0 Å². The number of hydrogen-bond donors (Lipinski definition) is 0. The van der Waals surface area contributed by atoms with Crippen LogP contribution in [0.3, 0.4) is 0 Å². The molecule has 3 atom stereocenters. The Balaban J connectivity index is 1.77. The first-order valence-corrected chi connectivity index (χ1v) is 7.78. The van der Waals surface area contributed by atoms with Crippen molar-refractivity contribution in [3.63, 3.8) is 0 Å². The normalized spacial score (nSPS) is 31.5. The van der Waals surface area contributed by atoms with Crippen molar-refractivity contribution in [3.8, 4) is 0 Å². The van der Waals surface area contributed by atoms with Crippen LogP contribution in [0.5, 0.6) is 0 Å². The number of fused-ring (bicyclic) bond motifs is 1. The second kappa shape index (κ2) is 5.58. The van der Waals surface area contributed by atoms with Crippen molar-refractivity contribution in [1.29, 1.82) is 0 Å². The molecule has 2 saturated carbocycles. The van der Waals surface area contributed by atoms with Gasteiger partial charge in [0.05, 0.1) is 5.56 Å². The molecule has 2 aliphatic carbocycles. The molecule has 1 aromatic carbocycles. The molecule has 1 aromatic rings. The van der Waals surface area contributed by atoms with Crippen LogP contribution in [0, 0.1) is 16.2 Å². The Labute approximate surface area is 124 Å². The molecular weight excluding hydrogens is 266 g/mol. The largest absolute Gasteiger partial charge is 0.458 e. The fourth-order valence-corrected chi connectivity index (χ4v) is 4.12. The smallest absolute Gasteiger partial charge is 0.340 e. The van der Waals surface area contributed by atoms with Crippen molar-refractivity contribution in [2.45, 2.75) is 51.6 Å². The Kier molecular flexibility index (Phi) is 3.79. The first kappa shape index (κ1) is 14.2. The van der Waals surface area contributed by atoms with Crippen LogP contribution in [-0.4, -0.2) is 12.1 Å². The topological polar surface area (TPSA) is 55.7 Å². The van der Waals surface area contributed by atoms with Gasteiger partial charge in [0.2, 0.25) is 0 Å². The summed E-state index contributed by atoms with van der Waals surface area (Å²) in [5, 5.41) is 2.91. The van der Waals surface area contributed by atoms with E-state index in [0.29, 0.717) is 5.92 Å². The summed E-state index contributed by atoms with van der Waals surface area (Å²) < 4.78 is 5.77. The highest BCUT2D eigenvalue weighted by atomic mass is 16.5. The molecule has 0 N–H and O–H groups in total. The van der Waals surface area contributed by atoms with E-state index in [4.69, 9.17) is 4.74 Å². The predicted molar refractivity (Wildman–Crippen MR) is 80.4 cm³/mol. The molecule has 112 valence electrons. The van der Waals surface area contributed by atoms with Crippen LogP contribution in [0.15, 0.2) is 29.4 Å². The lowest BCUT2D eigenvalue weighted by atomic mass is 9.68. The SMILES string of the molecule is C[C@]12CCCC[C@@H]1CC[C@@H]2OC(=O)c1ccccc1N=O. The van der Waals surface area contributed by atoms with Crippen LogP contribution in [0.2, 0.25) is 0 Å². The van der Waals surface area contributed by atoms with Crippen LogP contribution in [0.4, 0.5) is 5.69 Å². The maximum atomic E-state index is 12.4. The van der Waals surface area contributed by atoms with Gasteiger partial charge in [-0.1, -0.05) is 31.9 Å². The van der Waals surface area contributed by atoms with Crippen LogP contribution in [0.1, 0.15) is 55.8 Å². The highest BCUT2D eigenvalue weighted by Gasteiger charge is 2.49. The minimum absolute atomic E-state index is 0.0324. The number of rotatable bonds is 3. The monoisotopic (exact) mass is 287 g/mol. The summed E-state index contributed by atoms with van der Waals surface area (Å²) in [4.78, 5) is 23.2. The Bertz CT molecular complexity index is 557. The van der Waals surface area contributed by atoms with Crippen molar-refractivity contribution in [1.82, 2.24) is 0 Å². The fraction of sp³-hybridized carbons (Fsp3) is 0.588. The highest BCUT2D eigenvalue weighted by Crippen LogP contribution is 2.53. The van der Waals surface area contributed by atoms with E-state index in [1.807, 2.05) is 0 Å². The van der Waals surface area contributed by atoms with E-state index >= 15 is 0 Å². The number of carbonyl (C=O) groups is 1. The molecule has 0 saturated heterocycles. The maximum absolute atomic E-state index is 12.4. The fourth-order valence-electron chi connectivity index (χ4n) is 4.12. The van der Waals surface area contributed by atoms with Crippen LogP contribution in [0.25, 0.3) is 0 Å². The molecule has 2 fully saturated rings. The molecule has 4 heteroatoms. The average molecular weight is 287 g/mol. The number of carbonyl (C=O) groups excluding carboxylic acids is 1. The number of nitrogens with zero attached hydrogens (tertiary/aromatic N) is 1. The molecule has 0 spiro atoms. The zero-order valence-electron chi connectivity index (χ0n) is 12.4. The Morgan fingerprint density at radius 1 is 1.24 bits per heavy atom. The number of hydrogen-bond acceptors (Lipinski definition) is 4. The quantitative estimate of drug-likeness (QED) is 0.603. The van der Waals surface area contributed by atoms with Gasteiger partial charge in [0, 0.05) is 5.41 Å². The van der Waals surface area contributed by atoms with Gasteiger partial charge in [-0.2, -0.15) is 0 Å². The second-order valence-electron chi connectivity index (χ2n) is 6.53. The van der Waals surface area contributed by atoms with Gasteiger partial charge in [-0.05, 0) is 48.9 Å². The molecule has 0 amide bonds. The predicted octanol–water partition coefficient (Wildman–Crippen LogP) is 4.60. The highest BCUT2D eigenvalue weighted by molar-refractivity contribution is 5.94. The van der Waals surface area contributed by atoms with E-state index in [0.717, 1.165) is 19.3 Å². The van der Waals surface area contributed by atoms with Gasteiger partial charge in [-0.15, -0.1) is 4.91 Å². The number of benzene rings is 1. The maximum Gasteiger partial charge on any atom is 0.340 e. The van der Waals surface area contributed by atoms with Crippen molar-refractivity contribution in [2.24, 2.45) is 16.5 Å². The third-order valence-electron chi connectivity index (χ3n) is 5.44. The molecule has 0 bridgehead atoms. The molecular formula is C17H21NO3. The van der Waals surface area contributed by atoms with Crippen LogP contribution in [-0.2, 0) is 4.74 Å². The molecule has 2 aliphatic rings. The van der Waals surface area contributed by atoms with Crippen molar-refractivity contribution in [2.75, 3.05) is 0 Å². The molecule has 0 aromatic heterocycles. The molecule has 4 nitrogen and oxygen atoms in total. The molecule has 0 aliphatic heterocycles. The first-order chi connectivity index (χ1) is 10.1. The molecule has 0 heterocycles. The molecule has 0 unspecified atom stereocenters. The number of nitroso groups, excluding NO2 is 1. The van der Waals surface area contributed by atoms with Gasteiger partial charge in [0.15, 0.2) is 0 Å². The Morgan fingerprint density at radius 2 is 2.05 bits per heavy atom. The average Bonchev–Trinajstić information content (AvgIpc) is 2.84. The third-order valence-corrected chi connectivity index (χ3v) is 5.44. The van der Waals surface area contributed by atoms with E-state index in [-0.39, 0.29) is 22.8 Å². The van der Waals surface area contributed by atoms with Gasteiger partial charge >= 0.3 is 5.97 Å². The summed E-state index contributed by atoms with van der Waals surface area (Å²) in [6, 6.07) is 6.57. The van der Waals surface area contributed by atoms with Gasteiger partial charge in [-0.25, -0.2) is 4.79 Å². The Morgan fingerprint density at radius 3 is 2.86 bits per heavy atom. The van der Waals surface area contributed by atoms with Crippen molar-refractivity contribution >= 4 is 11.7 Å². The third kappa shape index (κ3) is 2.47. The van der Waals surface area contributed by atoms with E-state index < -0.39 is 5.97 Å². The van der Waals surface area contributed by atoms with E-state index in [2.05, 4.69) is 12.1 Å². The lowest BCUT2D eigenvalue weighted by Crippen LogP contribution is -2.37.